The molecule has 0 radical (unpaired) electrons. The van der Waals surface area contributed by atoms with Crippen molar-refractivity contribution in [3.63, 3.8) is 0 Å². The number of hydrogen-bond acceptors (Lipinski definition) is 3. The molecule has 0 amide bonds. The summed E-state index contributed by atoms with van der Waals surface area (Å²) in [6.07, 6.45) is 8.68. The second kappa shape index (κ2) is 11.4. The Morgan fingerprint density at radius 2 is 1.11 bits per heavy atom. The van der Waals surface area contributed by atoms with Crippen LogP contribution in [0, 0.1) is 33.5 Å². The summed E-state index contributed by atoms with van der Waals surface area (Å²) in [5, 5.41) is 0. The van der Waals surface area contributed by atoms with Gasteiger partial charge in [-0.3, -0.25) is 14.5 Å². The van der Waals surface area contributed by atoms with Gasteiger partial charge in [0.2, 0.25) is 0 Å². The molecule has 46 heavy (non-hydrogen) atoms. The van der Waals surface area contributed by atoms with Crippen molar-refractivity contribution in [3.8, 4) is 0 Å². The molecule has 4 unspecified atom stereocenters. The Kier molecular flexibility index (Phi) is 8.30. The quantitative estimate of drug-likeness (QED) is 0.319. The summed E-state index contributed by atoms with van der Waals surface area (Å²) in [5.41, 5.74) is 6.86. The third-order valence-corrected chi connectivity index (χ3v) is 14.2. The SMILES string of the molecule is CC12CCC(C(=Cc3ccc(CN4CC[N+](C)(Cc5ccc(C=C6C(=O)C7(C)CCC6C7(C)C)cc5)CC4)cc3)C1=O)C2(C)C.[Br-]. The number of halogens is 1. The first-order valence-corrected chi connectivity index (χ1v) is 17.4. The maximum absolute atomic E-state index is 13.3. The molecule has 4 saturated carbocycles. The normalized spacial score (nSPS) is 34.1. The van der Waals surface area contributed by atoms with Crippen molar-refractivity contribution in [1.82, 2.24) is 4.90 Å². The van der Waals surface area contributed by atoms with Crippen LogP contribution in [0.2, 0.25) is 0 Å². The number of allylic oxidation sites excluding steroid dienone is 2. The van der Waals surface area contributed by atoms with Gasteiger partial charge >= 0.3 is 0 Å². The number of ketones is 2. The van der Waals surface area contributed by atoms with Crippen LogP contribution in [-0.2, 0) is 22.7 Å². The van der Waals surface area contributed by atoms with Crippen LogP contribution < -0.4 is 17.0 Å². The van der Waals surface area contributed by atoms with Gasteiger partial charge in [0.05, 0.1) is 20.1 Å². The maximum Gasteiger partial charge on any atom is 0.165 e. The van der Waals surface area contributed by atoms with Gasteiger partial charge in [-0.2, -0.15) is 0 Å². The van der Waals surface area contributed by atoms with Crippen molar-refractivity contribution in [2.75, 3.05) is 33.2 Å². The highest BCUT2D eigenvalue weighted by Crippen LogP contribution is 2.66. The maximum atomic E-state index is 13.3. The highest BCUT2D eigenvalue weighted by molar-refractivity contribution is 6.08. The third-order valence-electron chi connectivity index (χ3n) is 14.2. The Morgan fingerprint density at radius 1 is 0.696 bits per heavy atom. The van der Waals surface area contributed by atoms with Crippen molar-refractivity contribution >= 4 is 23.7 Å². The molecule has 5 heteroatoms. The molecular weight excluding hydrogens is 632 g/mol. The summed E-state index contributed by atoms with van der Waals surface area (Å²) in [6, 6.07) is 17.9. The molecule has 2 aromatic rings. The number of rotatable bonds is 6. The van der Waals surface area contributed by atoms with Gasteiger partial charge < -0.3 is 21.5 Å². The van der Waals surface area contributed by atoms with Crippen molar-refractivity contribution in [2.24, 2.45) is 33.5 Å². The average molecular weight is 686 g/mol. The van der Waals surface area contributed by atoms with Crippen LogP contribution in [0.1, 0.15) is 89.5 Å². The van der Waals surface area contributed by atoms with Gasteiger partial charge in [0.15, 0.2) is 11.6 Å². The van der Waals surface area contributed by atoms with E-state index in [1.807, 2.05) is 0 Å². The van der Waals surface area contributed by atoms with Gasteiger partial charge in [-0.05, 0) is 88.3 Å². The van der Waals surface area contributed by atoms with Gasteiger partial charge in [0, 0.05) is 36.0 Å². The Morgan fingerprint density at radius 3 is 1.50 bits per heavy atom. The minimum Gasteiger partial charge on any atom is -1.00 e. The predicted octanol–water partition coefficient (Wildman–Crippen LogP) is 4.97. The van der Waals surface area contributed by atoms with Crippen LogP contribution in [0.3, 0.4) is 0 Å². The second-order valence-corrected chi connectivity index (χ2v) is 17.1. The molecule has 0 aromatic heterocycles. The van der Waals surface area contributed by atoms with Gasteiger partial charge in [0.25, 0.3) is 0 Å². The fourth-order valence-electron chi connectivity index (χ4n) is 9.99. The Balaban J connectivity index is 0.00000372. The van der Waals surface area contributed by atoms with Crippen LogP contribution in [0.4, 0.5) is 0 Å². The number of Topliss-reactive ketones (excluding diaryl/α,β-unsaturated/α-hetero) is 2. The van der Waals surface area contributed by atoms with Crippen LogP contribution in [0.5, 0.6) is 0 Å². The van der Waals surface area contributed by atoms with E-state index in [4.69, 9.17) is 0 Å². The molecule has 5 aliphatic rings. The van der Waals surface area contributed by atoms with E-state index in [0.29, 0.717) is 23.4 Å². The van der Waals surface area contributed by atoms with E-state index in [2.05, 4.69) is 114 Å². The van der Waals surface area contributed by atoms with E-state index >= 15 is 0 Å². The van der Waals surface area contributed by atoms with Gasteiger partial charge in [-0.1, -0.05) is 90.1 Å². The average Bonchev–Trinajstić information content (AvgIpc) is 3.49. The van der Waals surface area contributed by atoms with Crippen LogP contribution in [0.15, 0.2) is 59.7 Å². The van der Waals surface area contributed by atoms with Crippen molar-refractivity contribution < 1.29 is 31.1 Å². The van der Waals surface area contributed by atoms with E-state index in [-0.39, 0.29) is 38.6 Å². The van der Waals surface area contributed by atoms with Gasteiger partial charge in [0.1, 0.15) is 6.54 Å². The van der Waals surface area contributed by atoms with Gasteiger partial charge in [-0.25, -0.2) is 0 Å². The zero-order chi connectivity index (χ0) is 32.0. The fraction of sp³-hybridized carbons (Fsp3) is 0.561. The van der Waals surface area contributed by atoms with E-state index in [1.165, 1.54) is 11.1 Å². The summed E-state index contributed by atoms with van der Waals surface area (Å²) in [5.74, 6) is 1.53. The Labute approximate surface area is 287 Å². The summed E-state index contributed by atoms with van der Waals surface area (Å²) >= 11 is 0. The molecule has 246 valence electrons. The van der Waals surface area contributed by atoms with Crippen molar-refractivity contribution in [2.45, 2.75) is 80.3 Å². The number of carbonyl (C=O) groups excluding carboxylic acids is 2. The summed E-state index contributed by atoms with van der Waals surface area (Å²) in [7, 11) is 2.39. The fourth-order valence-corrected chi connectivity index (χ4v) is 9.99. The molecular formula is C41H53BrN2O2. The van der Waals surface area contributed by atoms with E-state index in [9.17, 15) is 9.59 Å². The lowest BCUT2D eigenvalue weighted by Gasteiger charge is -2.42. The zero-order valence-electron chi connectivity index (χ0n) is 29.1. The third kappa shape index (κ3) is 5.06. The van der Waals surface area contributed by atoms with Crippen LogP contribution >= 0.6 is 0 Å². The summed E-state index contributed by atoms with van der Waals surface area (Å²) in [4.78, 5) is 29.1. The largest absolute Gasteiger partial charge is 1.00 e. The molecule has 4 bridgehead atoms. The minimum absolute atomic E-state index is 0. The molecule has 0 N–H and O–H groups in total. The smallest absolute Gasteiger partial charge is 0.165 e. The number of nitrogens with zero attached hydrogens (tertiary/aromatic N) is 2. The molecule has 4 nitrogen and oxygen atoms in total. The lowest BCUT2D eigenvalue weighted by molar-refractivity contribution is -0.926. The Bertz CT molecular complexity index is 1590. The monoisotopic (exact) mass is 684 g/mol. The number of piperazine rings is 1. The topological polar surface area (TPSA) is 37.4 Å². The van der Waals surface area contributed by atoms with E-state index < -0.39 is 0 Å². The molecule has 0 spiro atoms. The number of likely N-dealkylation sites (N-methyl/N-ethyl adjacent to an activating group) is 1. The first-order chi connectivity index (χ1) is 21.2. The number of quaternary nitrogens is 1. The predicted molar refractivity (Wildman–Crippen MR) is 183 cm³/mol. The summed E-state index contributed by atoms with van der Waals surface area (Å²) in [6.45, 7) is 20.0. The molecule has 2 aromatic carbocycles. The highest BCUT2D eigenvalue weighted by Gasteiger charge is 2.64. The highest BCUT2D eigenvalue weighted by atomic mass is 79.9. The van der Waals surface area contributed by atoms with Crippen molar-refractivity contribution in [3.05, 3.63) is 81.9 Å². The second-order valence-electron chi connectivity index (χ2n) is 17.1. The van der Waals surface area contributed by atoms with Gasteiger partial charge in [-0.15, -0.1) is 0 Å². The lowest BCUT2D eigenvalue weighted by Crippen LogP contribution is -3.00. The molecule has 7 rings (SSSR count). The molecule has 1 aliphatic heterocycles. The zero-order valence-corrected chi connectivity index (χ0v) is 30.7. The number of fused-ring (bicyclic) bond motifs is 4. The Hall–Kier alpha value is -2.34. The number of carbonyl (C=O) groups is 2. The standard InChI is InChI=1S/C41H53N2O2.BrH/c1-38(2)34-16-18-40(38,5)36(44)32(34)24-28-8-12-30(13-9-28)26-42-20-22-43(7,23-21-42)27-31-14-10-29(11-15-31)25-33-35-17-19-41(6,37(33)45)39(35,3)4;/h8-15,24-25,34-35H,16-23,26-27H2,1-7H3;1H/q+1;/p-1. The number of benzene rings is 2. The molecule has 1 saturated heterocycles. The molecule has 4 atom stereocenters. The minimum atomic E-state index is -0.196. The lowest BCUT2D eigenvalue weighted by atomic mass is 9.70. The number of hydrogen-bond donors (Lipinski definition) is 0. The van der Waals surface area contributed by atoms with Crippen LogP contribution in [0.25, 0.3) is 12.2 Å². The summed E-state index contributed by atoms with van der Waals surface area (Å²) < 4.78 is 1.06. The van der Waals surface area contributed by atoms with E-state index in [0.717, 1.165) is 91.7 Å². The first kappa shape index (κ1) is 33.6. The van der Waals surface area contributed by atoms with E-state index in [1.54, 1.807) is 0 Å². The first-order valence-electron chi connectivity index (χ1n) is 17.4. The van der Waals surface area contributed by atoms with Crippen LogP contribution in [-0.4, -0.2) is 54.2 Å². The molecule has 1 heterocycles. The van der Waals surface area contributed by atoms with Crippen molar-refractivity contribution in [1.29, 1.82) is 0 Å². The molecule has 5 fully saturated rings. The molecule has 4 aliphatic carbocycles.